The molecule has 1 atom stereocenters. The van der Waals surface area contributed by atoms with Gasteiger partial charge in [0.1, 0.15) is 11.6 Å². The third-order valence-corrected chi connectivity index (χ3v) is 4.64. The van der Waals surface area contributed by atoms with Crippen molar-refractivity contribution in [1.29, 1.82) is 0 Å². The first-order valence-corrected chi connectivity index (χ1v) is 10.2. The zero-order chi connectivity index (χ0) is 23.9. The Balaban J connectivity index is 2.36. The molecule has 0 spiro atoms. The van der Waals surface area contributed by atoms with Crippen LogP contribution in [-0.4, -0.2) is 52.0 Å². The van der Waals surface area contributed by atoms with Gasteiger partial charge in [-0.2, -0.15) is 0 Å². The molecule has 0 saturated heterocycles. The third kappa shape index (κ3) is 6.54. The number of ether oxygens (including phenoxy) is 4. The summed E-state index contributed by atoms with van der Waals surface area (Å²) in [6.45, 7) is 5.30. The Morgan fingerprint density at radius 1 is 0.969 bits per heavy atom. The van der Waals surface area contributed by atoms with Crippen LogP contribution in [0.25, 0.3) is 0 Å². The van der Waals surface area contributed by atoms with Crippen LogP contribution >= 0.6 is 0 Å². The first kappa shape index (κ1) is 24.8. The lowest BCUT2D eigenvalue weighted by Gasteiger charge is -2.27. The molecule has 0 fully saturated rings. The van der Waals surface area contributed by atoms with Crippen molar-refractivity contribution in [2.45, 2.75) is 38.8 Å². The van der Waals surface area contributed by atoms with Crippen molar-refractivity contribution in [3.63, 3.8) is 0 Å². The molecule has 8 nitrogen and oxygen atoms in total. The van der Waals surface area contributed by atoms with E-state index in [1.54, 1.807) is 40.0 Å². The topological polar surface area (TPSA) is 86.3 Å². The lowest BCUT2D eigenvalue weighted by Crippen LogP contribution is -2.50. The summed E-state index contributed by atoms with van der Waals surface area (Å²) >= 11 is 0. The maximum absolute atomic E-state index is 13.4. The summed E-state index contributed by atoms with van der Waals surface area (Å²) in [4.78, 5) is 27.3. The molecular weight excluding hydrogens is 412 g/mol. The quantitative estimate of drug-likeness (QED) is 0.666. The van der Waals surface area contributed by atoms with Gasteiger partial charge in [0.2, 0.25) is 11.7 Å². The summed E-state index contributed by atoms with van der Waals surface area (Å²) in [6, 6.07) is 12.0. The predicted molar refractivity (Wildman–Crippen MR) is 123 cm³/mol. The van der Waals surface area contributed by atoms with Crippen LogP contribution in [0, 0.1) is 0 Å². The molecule has 2 rings (SSSR count). The molecule has 2 amide bonds. The number of benzene rings is 2. The molecule has 0 radical (unpaired) electrons. The van der Waals surface area contributed by atoms with Crippen LogP contribution < -0.4 is 24.4 Å². The summed E-state index contributed by atoms with van der Waals surface area (Å²) in [7, 11) is 6.14. The Morgan fingerprint density at radius 2 is 1.53 bits per heavy atom. The SMILES string of the molecule is COc1cc(N(C)C(=O)C(Cc2ccccc2)NC(=O)OC(C)(C)C)cc(OC)c1OC. The average molecular weight is 445 g/mol. The summed E-state index contributed by atoms with van der Waals surface area (Å²) < 4.78 is 21.5. The first-order chi connectivity index (χ1) is 15.1. The second-order valence-electron chi connectivity index (χ2n) is 8.17. The Morgan fingerprint density at radius 3 is 2.00 bits per heavy atom. The molecule has 174 valence electrons. The molecule has 0 heterocycles. The van der Waals surface area contributed by atoms with Gasteiger partial charge >= 0.3 is 6.09 Å². The van der Waals surface area contributed by atoms with Crippen molar-refractivity contribution in [1.82, 2.24) is 5.32 Å². The van der Waals surface area contributed by atoms with Crippen molar-refractivity contribution in [2.24, 2.45) is 0 Å². The summed E-state index contributed by atoms with van der Waals surface area (Å²) in [5.74, 6) is 0.934. The van der Waals surface area contributed by atoms with E-state index in [9.17, 15) is 9.59 Å². The minimum atomic E-state index is -0.851. The van der Waals surface area contributed by atoms with Crippen LogP contribution in [0.2, 0.25) is 0 Å². The number of methoxy groups -OCH3 is 3. The molecule has 32 heavy (non-hydrogen) atoms. The molecular formula is C24H32N2O6. The number of amides is 2. The van der Waals surface area contributed by atoms with E-state index in [-0.39, 0.29) is 5.91 Å². The number of carbonyl (C=O) groups excluding carboxylic acids is 2. The van der Waals surface area contributed by atoms with Gasteiger partial charge in [0.25, 0.3) is 0 Å². The van der Waals surface area contributed by atoms with Gasteiger partial charge in [0.15, 0.2) is 11.5 Å². The van der Waals surface area contributed by atoms with E-state index in [0.717, 1.165) is 5.56 Å². The van der Waals surface area contributed by atoms with Crippen LogP contribution in [-0.2, 0) is 16.0 Å². The largest absolute Gasteiger partial charge is 0.493 e. The lowest BCUT2D eigenvalue weighted by atomic mass is 10.0. The third-order valence-electron chi connectivity index (χ3n) is 4.64. The highest BCUT2D eigenvalue weighted by molar-refractivity contribution is 5.99. The number of carbonyl (C=O) groups is 2. The maximum Gasteiger partial charge on any atom is 0.408 e. The molecule has 0 aliphatic rings. The smallest absolute Gasteiger partial charge is 0.408 e. The van der Waals surface area contributed by atoms with Crippen LogP contribution in [0.3, 0.4) is 0 Å². The standard InChI is InChI=1S/C24H32N2O6/c1-24(2,3)32-23(28)25-18(13-16-11-9-8-10-12-16)22(27)26(4)17-14-19(29-5)21(31-7)20(15-17)30-6/h8-12,14-15,18H,13H2,1-7H3,(H,25,28). The number of likely N-dealkylation sites (N-methyl/N-ethyl adjacent to an activating group) is 1. The van der Waals surface area contributed by atoms with Gasteiger partial charge < -0.3 is 29.2 Å². The van der Waals surface area contributed by atoms with E-state index in [2.05, 4.69) is 5.32 Å². The Hall–Kier alpha value is -3.42. The minimum absolute atomic E-state index is 0.299. The molecule has 0 aliphatic heterocycles. The van der Waals surface area contributed by atoms with Crippen molar-refractivity contribution >= 4 is 17.7 Å². The molecule has 2 aromatic rings. The summed E-state index contributed by atoms with van der Waals surface area (Å²) in [6.07, 6.45) is -0.363. The molecule has 8 heteroatoms. The maximum atomic E-state index is 13.4. The van der Waals surface area contributed by atoms with Crippen LogP contribution in [0.1, 0.15) is 26.3 Å². The van der Waals surface area contributed by atoms with Crippen LogP contribution in [0.15, 0.2) is 42.5 Å². The number of nitrogens with one attached hydrogen (secondary N) is 1. The van der Waals surface area contributed by atoms with Gasteiger partial charge in [-0.05, 0) is 26.3 Å². The predicted octanol–water partition coefficient (Wildman–Crippen LogP) is 3.81. The van der Waals surface area contributed by atoms with E-state index >= 15 is 0 Å². The second kappa shape index (κ2) is 10.7. The van der Waals surface area contributed by atoms with Crippen LogP contribution in [0.4, 0.5) is 10.5 Å². The van der Waals surface area contributed by atoms with Gasteiger partial charge in [-0.3, -0.25) is 4.79 Å². The van der Waals surface area contributed by atoms with Gasteiger partial charge in [-0.25, -0.2) is 4.79 Å². The highest BCUT2D eigenvalue weighted by atomic mass is 16.6. The number of hydrogen-bond donors (Lipinski definition) is 1. The number of hydrogen-bond acceptors (Lipinski definition) is 6. The zero-order valence-corrected chi connectivity index (χ0v) is 19.7. The Bertz CT molecular complexity index is 899. The van der Waals surface area contributed by atoms with E-state index < -0.39 is 17.7 Å². The number of rotatable bonds is 8. The number of nitrogens with zero attached hydrogens (tertiary/aromatic N) is 1. The van der Waals surface area contributed by atoms with Gasteiger partial charge in [0, 0.05) is 25.6 Å². The second-order valence-corrected chi connectivity index (χ2v) is 8.17. The molecule has 2 aromatic carbocycles. The molecule has 0 aliphatic carbocycles. The van der Waals surface area contributed by atoms with Gasteiger partial charge in [-0.15, -0.1) is 0 Å². The fourth-order valence-electron chi connectivity index (χ4n) is 3.12. The fourth-order valence-corrected chi connectivity index (χ4v) is 3.12. The van der Waals surface area contributed by atoms with E-state index in [0.29, 0.717) is 29.4 Å². The molecule has 0 bridgehead atoms. The highest BCUT2D eigenvalue weighted by Crippen LogP contribution is 2.40. The minimum Gasteiger partial charge on any atom is -0.493 e. The zero-order valence-electron chi connectivity index (χ0n) is 19.7. The lowest BCUT2D eigenvalue weighted by molar-refractivity contribution is -0.120. The van der Waals surface area contributed by atoms with Crippen molar-refractivity contribution in [3.05, 3.63) is 48.0 Å². The summed E-state index contributed by atoms with van der Waals surface area (Å²) in [5.41, 5.74) is 0.737. The normalized spacial score (nSPS) is 11.8. The fraction of sp³-hybridized carbons (Fsp3) is 0.417. The van der Waals surface area contributed by atoms with E-state index in [1.807, 2.05) is 30.3 Å². The Labute approximate surface area is 189 Å². The number of anilines is 1. The van der Waals surface area contributed by atoms with E-state index in [1.165, 1.54) is 26.2 Å². The Kier molecular flexibility index (Phi) is 8.34. The number of alkyl carbamates (subject to hydrolysis) is 1. The highest BCUT2D eigenvalue weighted by Gasteiger charge is 2.28. The first-order valence-electron chi connectivity index (χ1n) is 10.2. The molecule has 1 N–H and O–H groups in total. The van der Waals surface area contributed by atoms with Gasteiger partial charge in [0.05, 0.1) is 27.0 Å². The molecule has 0 aromatic heterocycles. The monoisotopic (exact) mass is 444 g/mol. The van der Waals surface area contributed by atoms with Crippen molar-refractivity contribution in [3.8, 4) is 17.2 Å². The molecule has 0 saturated carbocycles. The molecule has 1 unspecified atom stereocenters. The summed E-state index contributed by atoms with van der Waals surface area (Å²) in [5, 5.41) is 2.71. The average Bonchev–Trinajstić information content (AvgIpc) is 2.75. The van der Waals surface area contributed by atoms with Crippen LogP contribution in [0.5, 0.6) is 17.2 Å². The van der Waals surface area contributed by atoms with Gasteiger partial charge in [-0.1, -0.05) is 30.3 Å². The van der Waals surface area contributed by atoms with Crippen molar-refractivity contribution in [2.75, 3.05) is 33.3 Å². The van der Waals surface area contributed by atoms with E-state index in [4.69, 9.17) is 18.9 Å². The van der Waals surface area contributed by atoms with Crippen molar-refractivity contribution < 1.29 is 28.5 Å².